The van der Waals surface area contributed by atoms with Crippen LogP contribution in [0.2, 0.25) is 0 Å². The molecular weight excluding hydrogens is 460 g/mol. The summed E-state index contributed by atoms with van der Waals surface area (Å²) in [4.78, 5) is 27.0. The fraction of sp³-hybridized carbons (Fsp3) is 0.174. The van der Waals surface area contributed by atoms with Crippen LogP contribution in [0, 0.1) is 18.3 Å². The summed E-state index contributed by atoms with van der Waals surface area (Å²) >= 11 is 0. The van der Waals surface area contributed by atoms with Crippen LogP contribution < -0.4 is 15.8 Å². The van der Waals surface area contributed by atoms with Gasteiger partial charge in [0.2, 0.25) is 10.0 Å². The predicted molar refractivity (Wildman–Crippen MR) is 122 cm³/mol. The number of hydrogen-bond acceptors (Lipinski definition) is 9. The molecule has 0 aromatic heterocycles. The van der Waals surface area contributed by atoms with Crippen molar-refractivity contribution < 1.29 is 27.5 Å². The summed E-state index contributed by atoms with van der Waals surface area (Å²) in [7, 11) is -1.87. The SMILES string of the molecule is COC(=O)C1=C(C(=O)OC)N(c2cc(S(N)(=O)=O)ccc2C)C(N)=C(C#N)C1c1ccccc1. The van der Waals surface area contributed by atoms with Crippen LogP contribution >= 0.6 is 0 Å². The zero-order valence-corrected chi connectivity index (χ0v) is 19.4. The first-order chi connectivity index (χ1) is 16.1. The van der Waals surface area contributed by atoms with Crippen molar-refractivity contribution in [1.82, 2.24) is 0 Å². The minimum Gasteiger partial charge on any atom is -0.466 e. The van der Waals surface area contributed by atoms with E-state index in [0.29, 0.717) is 11.1 Å². The highest BCUT2D eigenvalue weighted by Gasteiger charge is 2.43. The molecule has 4 N–H and O–H groups in total. The number of anilines is 1. The number of nitrogens with zero attached hydrogens (tertiary/aromatic N) is 2. The van der Waals surface area contributed by atoms with Gasteiger partial charge in [0.15, 0.2) is 0 Å². The Morgan fingerprint density at radius 1 is 1.06 bits per heavy atom. The molecule has 0 bridgehead atoms. The molecule has 0 radical (unpaired) electrons. The second kappa shape index (κ2) is 9.38. The van der Waals surface area contributed by atoms with E-state index in [0.717, 1.165) is 19.1 Å². The maximum Gasteiger partial charge on any atom is 0.355 e. The number of esters is 2. The lowest BCUT2D eigenvalue weighted by atomic mass is 9.81. The molecular formula is C23H22N4O6S. The van der Waals surface area contributed by atoms with E-state index in [9.17, 15) is 23.3 Å². The van der Waals surface area contributed by atoms with E-state index in [1.807, 2.05) is 6.07 Å². The zero-order valence-electron chi connectivity index (χ0n) is 18.6. The molecule has 0 fully saturated rings. The average molecular weight is 483 g/mol. The third kappa shape index (κ3) is 4.24. The lowest BCUT2D eigenvalue weighted by Gasteiger charge is -2.36. The van der Waals surface area contributed by atoms with Crippen molar-refractivity contribution in [2.24, 2.45) is 10.9 Å². The van der Waals surface area contributed by atoms with E-state index >= 15 is 0 Å². The number of methoxy groups -OCH3 is 2. The van der Waals surface area contributed by atoms with Gasteiger partial charge in [0.1, 0.15) is 11.5 Å². The summed E-state index contributed by atoms with van der Waals surface area (Å²) in [6.07, 6.45) is 0. The molecule has 11 heteroatoms. The predicted octanol–water partition coefficient (Wildman–Crippen LogP) is 1.54. The Labute approximate surface area is 196 Å². The summed E-state index contributed by atoms with van der Waals surface area (Å²) in [6, 6.07) is 14.5. The molecule has 176 valence electrons. The van der Waals surface area contributed by atoms with Crippen LogP contribution in [0.15, 0.2) is 76.1 Å². The average Bonchev–Trinajstić information content (AvgIpc) is 2.82. The number of aryl methyl sites for hydroxylation is 1. The molecule has 3 rings (SSSR count). The van der Waals surface area contributed by atoms with Crippen LogP contribution in [-0.4, -0.2) is 34.6 Å². The van der Waals surface area contributed by atoms with Crippen molar-refractivity contribution in [1.29, 1.82) is 5.26 Å². The summed E-state index contributed by atoms with van der Waals surface area (Å²) in [6.45, 7) is 1.64. The first kappa shape index (κ1) is 24.5. The normalized spacial score (nSPS) is 16.2. The molecule has 2 aromatic carbocycles. The van der Waals surface area contributed by atoms with Gasteiger partial charge in [-0.1, -0.05) is 36.4 Å². The molecule has 2 aromatic rings. The van der Waals surface area contributed by atoms with Crippen molar-refractivity contribution in [2.75, 3.05) is 19.1 Å². The number of nitrogens with two attached hydrogens (primary N) is 2. The van der Waals surface area contributed by atoms with Crippen LogP contribution in [0.1, 0.15) is 17.0 Å². The number of primary sulfonamides is 1. The van der Waals surface area contributed by atoms with E-state index in [4.69, 9.17) is 20.3 Å². The Kier molecular flexibility index (Phi) is 6.76. The van der Waals surface area contributed by atoms with E-state index in [2.05, 4.69) is 0 Å². The van der Waals surface area contributed by atoms with E-state index in [1.165, 1.54) is 18.2 Å². The van der Waals surface area contributed by atoms with Gasteiger partial charge in [-0.3, -0.25) is 4.90 Å². The fourth-order valence-corrected chi connectivity index (χ4v) is 4.30. The van der Waals surface area contributed by atoms with Gasteiger partial charge in [0, 0.05) is 0 Å². The molecule has 1 aliphatic rings. The van der Waals surface area contributed by atoms with Crippen molar-refractivity contribution >= 4 is 27.6 Å². The highest BCUT2D eigenvalue weighted by Crippen LogP contribution is 2.44. The monoisotopic (exact) mass is 482 g/mol. The first-order valence-corrected chi connectivity index (χ1v) is 11.4. The van der Waals surface area contributed by atoms with Gasteiger partial charge in [-0.05, 0) is 30.2 Å². The number of ether oxygens (including phenoxy) is 2. The molecule has 1 heterocycles. The second-order valence-corrected chi connectivity index (χ2v) is 8.89. The number of hydrogen-bond donors (Lipinski definition) is 2. The van der Waals surface area contributed by atoms with Crippen molar-refractivity contribution in [2.45, 2.75) is 17.7 Å². The van der Waals surface area contributed by atoms with Gasteiger partial charge in [0.25, 0.3) is 0 Å². The first-order valence-electron chi connectivity index (χ1n) is 9.85. The highest BCUT2D eigenvalue weighted by molar-refractivity contribution is 7.89. The number of sulfonamides is 1. The number of nitriles is 1. The molecule has 0 spiro atoms. The van der Waals surface area contributed by atoms with Crippen molar-refractivity contribution in [3.8, 4) is 6.07 Å². The number of rotatable bonds is 5. The number of carbonyl (C=O) groups excluding carboxylic acids is 2. The highest BCUT2D eigenvalue weighted by atomic mass is 32.2. The standard InChI is InChI=1S/C23H22N4O6S/c1-13-9-10-15(34(26,30)31)11-17(13)27-20(23(29)33-3)19(22(28)32-2)18(16(12-24)21(27)25)14-7-5-4-6-8-14/h4-11,18H,25H2,1-3H3,(H2,26,30,31). The largest absolute Gasteiger partial charge is 0.466 e. The van der Waals surface area contributed by atoms with Gasteiger partial charge < -0.3 is 15.2 Å². The van der Waals surface area contributed by atoms with E-state index < -0.39 is 27.9 Å². The summed E-state index contributed by atoms with van der Waals surface area (Å²) in [5.41, 5.74) is 6.99. The lowest BCUT2D eigenvalue weighted by Crippen LogP contribution is -2.41. The third-order valence-corrected chi connectivity index (χ3v) is 6.27. The molecule has 0 aliphatic carbocycles. The number of benzene rings is 2. The summed E-state index contributed by atoms with van der Waals surface area (Å²) < 4.78 is 33.9. The molecule has 0 amide bonds. The minimum atomic E-state index is -4.12. The van der Waals surface area contributed by atoms with Crippen LogP contribution in [0.3, 0.4) is 0 Å². The van der Waals surface area contributed by atoms with Crippen molar-refractivity contribution in [3.63, 3.8) is 0 Å². The topological polar surface area (TPSA) is 166 Å². The molecule has 34 heavy (non-hydrogen) atoms. The second-order valence-electron chi connectivity index (χ2n) is 7.33. The van der Waals surface area contributed by atoms with Gasteiger partial charge >= 0.3 is 11.9 Å². The molecule has 0 saturated carbocycles. The maximum atomic E-state index is 13.1. The van der Waals surface area contributed by atoms with Gasteiger partial charge in [0.05, 0.1) is 47.9 Å². The third-order valence-electron chi connectivity index (χ3n) is 5.36. The number of allylic oxidation sites excluding steroid dienone is 1. The van der Waals surface area contributed by atoms with Crippen LogP contribution in [0.5, 0.6) is 0 Å². The van der Waals surface area contributed by atoms with Crippen LogP contribution in [0.25, 0.3) is 0 Å². The molecule has 1 aliphatic heterocycles. The zero-order chi connectivity index (χ0) is 25.2. The minimum absolute atomic E-state index is 0.0420. The van der Waals surface area contributed by atoms with Gasteiger partial charge in [-0.25, -0.2) is 23.1 Å². The Balaban J connectivity index is 2.48. The van der Waals surface area contributed by atoms with Crippen molar-refractivity contribution in [3.05, 3.63) is 82.3 Å². The molecule has 1 unspecified atom stereocenters. The lowest BCUT2D eigenvalue weighted by molar-refractivity contribution is -0.139. The van der Waals surface area contributed by atoms with Crippen LogP contribution in [0.4, 0.5) is 5.69 Å². The molecule has 1 atom stereocenters. The van der Waals surface area contributed by atoms with Crippen LogP contribution in [-0.2, 0) is 29.1 Å². The Morgan fingerprint density at radius 3 is 2.21 bits per heavy atom. The van der Waals surface area contributed by atoms with Gasteiger partial charge in [-0.2, -0.15) is 5.26 Å². The maximum absolute atomic E-state index is 13.1. The van der Waals surface area contributed by atoms with E-state index in [-0.39, 0.29) is 33.2 Å². The van der Waals surface area contributed by atoms with Gasteiger partial charge in [-0.15, -0.1) is 0 Å². The Bertz CT molecular complexity index is 1370. The molecule has 0 saturated heterocycles. The summed E-state index contributed by atoms with van der Waals surface area (Å²) in [5, 5.41) is 15.3. The number of carbonyl (C=O) groups is 2. The molecule has 10 nitrogen and oxygen atoms in total. The van der Waals surface area contributed by atoms with E-state index in [1.54, 1.807) is 37.3 Å². The quantitative estimate of drug-likeness (QED) is 0.601. The summed E-state index contributed by atoms with van der Waals surface area (Å²) in [5.74, 6) is -3.05. The Morgan fingerprint density at radius 2 is 1.68 bits per heavy atom. The smallest absolute Gasteiger partial charge is 0.355 e. The fourth-order valence-electron chi connectivity index (χ4n) is 3.77. The Hall–Kier alpha value is -4.14.